The summed E-state index contributed by atoms with van der Waals surface area (Å²) in [7, 11) is 0. The first-order chi connectivity index (χ1) is 14.6. The highest BCUT2D eigenvalue weighted by atomic mass is 16.6. The fourth-order valence-electron chi connectivity index (χ4n) is 4.39. The van der Waals surface area contributed by atoms with Crippen molar-refractivity contribution < 1.29 is 53.5 Å². The number of hydrogen-bond acceptors (Lipinski definition) is 11. The maximum atomic E-state index is 13.5. The molecule has 32 heavy (non-hydrogen) atoms. The lowest BCUT2D eigenvalue weighted by Gasteiger charge is -2.40. The van der Waals surface area contributed by atoms with Crippen LogP contribution in [0.4, 0.5) is 0 Å². The molecule has 0 radical (unpaired) electrons. The minimum absolute atomic E-state index is 0.0566. The van der Waals surface area contributed by atoms with Gasteiger partial charge in [0.15, 0.2) is 28.9 Å². The van der Waals surface area contributed by atoms with Gasteiger partial charge in [-0.05, 0) is 33.6 Å². The molecule has 1 heterocycles. The third-order valence-corrected chi connectivity index (χ3v) is 6.26. The lowest BCUT2D eigenvalue weighted by Crippen LogP contribution is -2.65. The van der Waals surface area contributed by atoms with Gasteiger partial charge in [0.25, 0.3) is 0 Å². The molecule has 1 saturated heterocycles. The predicted octanol–water partition coefficient (Wildman–Crippen LogP) is -0.643. The van der Waals surface area contributed by atoms with Crippen molar-refractivity contribution in [2.45, 2.75) is 95.4 Å². The van der Waals surface area contributed by atoms with E-state index in [1.165, 1.54) is 6.92 Å². The van der Waals surface area contributed by atoms with Gasteiger partial charge in [-0.1, -0.05) is 6.92 Å². The summed E-state index contributed by atoms with van der Waals surface area (Å²) in [6.45, 7) is 6.13. The number of fused-ring (bicyclic) bond motifs is 1. The molecule has 11 nitrogen and oxygen atoms in total. The van der Waals surface area contributed by atoms with E-state index in [1.807, 2.05) is 0 Å². The zero-order valence-corrected chi connectivity index (χ0v) is 18.7. The average molecular weight is 458 g/mol. The van der Waals surface area contributed by atoms with Crippen LogP contribution in [0.15, 0.2) is 0 Å². The summed E-state index contributed by atoms with van der Waals surface area (Å²) in [5.74, 6) is -5.99. The van der Waals surface area contributed by atoms with Gasteiger partial charge in [0, 0.05) is 19.8 Å². The van der Waals surface area contributed by atoms with Crippen molar-refractivity contribution in [2.75, 3.05) is 0 Å². The molecule has 0 aromatic rings. The van der Waals surface area contributed by atoms with Crippen LogP contribution in [0.2, 0.25) is 0 Å². The quantitative estimate of drug-likeness (QED) is 0.327. The molecule has 180 valence electrons. The van der Waals surface area contributed by atoms with E-state index in [1.54, 1.807) is 6.92 Å². The highest BCUT2D eigenvalue weighted by molar-refractivity contribution is 5.97. The molecule has 2 fully saturated rings. The van der Waals surface area contributed by atoms with Crippen molar-refractivity contribution in [3.05, 3.63) is 0 Å². The third kappa shape index (κ3) is 4.28. The molecule has 0 aromatic heterocycles. The minimum atomic E-state index is -2.71. The van der Waals surface area contributed by atoms with Crippen LogP contribution in [0.25, 0.3) is 0 Å². The molecule has 1 saturated carbocycles. The zero-order chi connectivity index (χ0) is 24.6. The number of aliphatic hydroxyl groups excluding tert-OH is 1. The summed E-state index contributed by atoms with van der Waals surface area (Å²) in [5.41, 5.74) is -7.13. The standard InChI is InChI=1S/C21H30O11/c1-6-7-15(25)30-14-9-19(4,32-11(3)23)12(8-13(24)10(2)22)16(26)17-21(14,29)20(5,28)18(27)31-17/h12-14,17,24,28-29H,6-9H2,1-5H3/t12-,13-,14-,17-,19-,20+,21+/m0/s1. The number of carbonyl (C=O) groups excluding carboxylic acids is 5. The maximum Gasteiger partial charge on any atom is 0.342 e. The van der Waals surface area contributed by atoms with E-state index in [2.05, 4.69) is 0 Å². The Bertz CT molecular complexity index is 819. The summed E-state index contributed by atoms with van der Waals surface area (Å²) in [6.07, 6.45) is -6.00. The van der Waals surface area contributed by atoms with Crippen LogP contribution in [-0.4, -0.2) is 79.9 Å². The predicted molar refractivity (Wildman–Crippen MR) is 105 cm³/mol. The maximum absolute atomic E-state index is 13.5. The monoisotopic (exact) mass is 458 g/mol. The number of rotatable bonds is 7. The molecular weight excluding hydrogens is 428 g/mol. The van der Waals surface area contributed by atoms with Gasteiger partial charge in [0.2, 0.25) is 0 Å². The molecule has 0 bridgehead atoms. The van der Waals surface area contributed by atoms with E-state index in [4.69, 9.17) is 14.2 Å². The topological polar surface area (TPSA) is 174 Å². The van der Waals surface area contributed by atoms with Crippen LogP contribution in [-0.2, 0) is 38.2 Å². The number of hydrogen-bond donors (Lipinski definition) is 3. The molecular formula is C21H30O11. The van der Waals surface area contributed by atoms with Gasteiger partial charge < -0.3 is 29.5 Å². The van der Waals surface area contributed by atoms with Gasteiger partial charge in [0.1, 0.15) is 17.8 Å². The van der Waals surface area contributed by atoms with Crippen molar-refractivity contribution >= 4 is 29.5 Å². The molecule has 2 aliphatic rings. The summed E-state index contributed by atoms with van der Waals surface area (Å²) >= 11 is 0. The summed E-state index contributed by atoms with van der Waals surface area (Å²) in [5, 5.41) is 32.5. The first-order valence-corrected chi connectivity index (χ1v) is 10.4. The van der Waals surface area contributed by atoms with Gasteiger partial charge in [0.05, 0.1) is 5.92 Å². The number of aliphatic hydroxyl groups is 3. The van der Waals surface area contributed by atoms with Gasteiger partial charge >= 0.3 is 17.9 Å². The molecule has 0 amide bonds. The minimum Gasteiger partial charge on any atom is -0.459 e. The second-order valence-electron chi connectivity index (χ2n) is 8.84. The number of ketones is 2. The number of Topliss-reactive ketones (excluding diaryl/α,β-unsaturated/α-hetero) is 2. The number of carbonyl (C=O) groups is 5. The van der Waals surface area contributed by atoms with Crippen molar-refractivity contribution in [2.24, 2.45) is 5.92 Å². The van der Waals surface area contributed by atoms with E-state index in [0.717, 1.165) is 20.8 Å². The van der Waals surface area contributed by atoms with E-state index in [0.29, 0.717) is 6.42 Å². The largest absolute Gasteiger partial charge is 0.459 e. The van der Waals surface area contributed by atoms with Gasteiger partial charge in [-0.25, -0.2) is 4.79 Å². The smallest absolute Gasteiger partial charge is 0.342 e. The first-order valence-electron chi connectivity index (χ1n) is 10.4. The third-order valence-electron chi connectivity index (χ3n) is 6.26. The molecule has 0 unspecified atom stereocenters. The van der Waals surface area contributed by atoms with Crippen LogP contribution in [0.5, 0.6) is 0 Å². The van der Waals surface area contributed by atoms with Crippen LogP contribution in [0, 0.1) is 5.92 Å². The van der Waals surface area contributed by atoms with E-state index in [-0.39, 0.29) is 6.42 Å². The number of esters is 3. The lowest BCUT2D eigenvalue weighted by molar-refractivity contribution is -0.211. The normalized spacial score (nSPS) is 37.7. The molecule has 0 spiro atoms. The van der Waals surface area contributed by atoms with Gasteiger partial charge in [-0.2, -0.15) is 0 Å². The summed E-state index contributed by atoms with van der Waals surface area (Å²) in [4.78, 5) is 61.6. The second-order valence-corrected chi connectivity index (χ2v) is 8.84. The second kappa shape index (κ2) is 8.87. The van der Waals surface area contributed by atoms with E-state index in [9.17, 15) is 39.3 Å². The van der Waals surface area contributed by atoms with E-state index >= 15 is 0 Å². The molecule has 2 rings (SSSR count). The Morgan fingerprint density at radius 1 is 1.19 bits per heavy atom. The first kappa shape index (κ1) is 25.9. The fraction of sp³-hybridized carbons (Fsp3) is 0.762. The van der Waals surface area contributed by atoms with Crippen LogP contribution in [0.3, 0.4) is 0 Å². The highest BCUT2D eigenvalue weighted by Crippen LogP contribution is 2.49. The van der Waals surface area contributed by atoms with Crippen molar-refractivity contribution in [3.8, 4) is 0 Å². The van der Waals surface area contributed by atoms with E-state index < -0.39 is 83.3 Å². The average Bonchev–Trinajstić information content (AvgIpc) is 2.81. The van der Waals surface area contributed by atoms with Crippen LogP contribution in [0.1, 0.15) is 60.3 Å². The number of ether oxygens (including phenoxy) is 3. The SMILES string of the molecule is CCCC(=O)O[C@H]1C[C@](C)(OC(C)=O)[C@@H](C[C@H](O)C(C)=O)C(=O)[C@@H]2OC(=O)[C@@](C)(O)[C@@]12O. The molecule has 1 aliphatic heterocycles. The lowest BCUT2D eigenvalue weighted by atomic mass is 9.76. The van der Waals surface area contributed by atoms with Crippen LogP contribution >= 0.6 is 0 Å². The Kier molecular flexibility index (Phi) is 7.18. The van der Waals surface area contributed by atoms with Crippen molar-refractivity contribution in [1.29, 1.82) is 0 Å². The Morgan fingerprint density at radius 2 is 1.78 bits per heavy atom. The van der Waals surface area contributed by atoms with Crippen molar-refractivity contribution in [1.82, 2.24) is 0 Å². The molecule has 3 N–H and O–H groups in total. The van der Waals surface area contributed by atoms with Crippen molar-refractivity contribution in [3.63, 3.8) is 0 Å². The Hall–Kier alpha value is -2.37. The summed E-state index contributed by atoms with van der Waals surface area (Å²) in [6, 6.07) is 0. The molecule has 7 atom stereocenters. The molecule has 1 aliphatic carbocycles. The van der Waals surface area contributed by atoms with Crippen LogP contribution < -0.4 is 0 Å². The molecule has 0 aromatic carbocycles. The van der Waals surface area contributed by atoms with Gasteiger partial charge in [-0.3, -0.25) is 19.2 Å². The van der Waals surface area contributed by atoms with Gasteiger partial charge in [-0.15, -0.1) is 0 Å². The Labute approximate surface area is 185 Å². The Morgan fingerprint density at radius 3 is 2.28 bits per heavy atom. The zero-order valence-electron chi connectivity index (χ0n) is 18.7. The highest BCUT2D eigenvalue weighted by Gasteiger charge is 2.75. The Balaban J connectivity index is 2.68. The summed E-state index contributed by atoms with van der Waals surface area (Å²) < 4.78 is 15.8. The molecule has 11 heteroatoms. The fourth-order valence-corrected chi connectivity index (χ4v) is 4.39.